The fourth-order valence-corrected chi connectivity index (χ4v) is 2.34. The number of ether oxygens (including phenoxy) is 2. The Morgan fingerprint density at radius 1 is 1.19 bits per heavy atom. The van der Waals surface area contributed by atoms with Crippen LogP contribution in [0.15, 0.2) is 53.5 Å². The summed E-state index contributed by atoms with van der Waals surface area (Å²) in [6.07, 6.45) is 3.97. The smallest absolute Gasteiger partial charge is 0.268 e. The van der Waals surface area contributed by atoms with E-state index in [-0.39, 0.29) is 17.2 Å². The molecule has 0 saturated carbocycles. The molecule has 0 aliphatic rings. The molecule has 6 nitrogen and oxygen atoms in total. The van der Waals surface area contributed by atoms with Crippen LogP contribution in [0.4, 0.5) is 0 Å². The van der Waals surface area contributed by atoms with Crippen LogP contribution >= 0.6 is 0 Å². The van der Waals surface area contributed by atoms with Gasteiger partial charge in [0.15, 0.2) is 0 Å². The first-order valence-corrected chi connectivity index (χ1v) is 8.55. The maximum atomic E-state index is 12.7. The molecule has 1 heterocycles. The summed E-state index contributed by atoms with van der Waals surface area (Å²) in [6.45, 7) is 3.63. The molecular weight excluding hydrogens is 332 g/mol. The zero-order valence-electron chi connectivity index (χ0n) is 15.1. The summed E-state index contributed by atoms with van der Waals surface area (Å²) in [7, 11) is 1.59. The summed E-state index contributed by atoms with van der Waals surface area (Å²) < 4.78 is 11.7. The second-order valence-corrected chi connectivity index (χ2v) is 5.52. The number of aromatic nitrogens is 1. The Morgan fingerprint density at radius 2 is 1.96 bits per heavy atom. The zero-order chi connectivity index (χ0) is 18.8. The number of hydrogen-bond acceptors (Lipinski definition) is 4. The van der Waals surface area contributed by atoms with Gasteiger partial charge in [0.05, 0.1) is 7.11 Å². The maximum Gasteiger partial charge on any atom is 0.268 e. The van der Waals surface area contributed by atoms with E-state index in [0.29, 0.717) is 26.2 Å². The summed E-state index contributed by atoms with van der Waals surface area (Å²) >= 11 is 0. The first-order valence-electron chi connectivity index (χ1n) is 8.55. The fraction of sp³-hybridized carbons (Fsp3) is 0.300. The van der Waals surface area contributed by atoms with Crippen molar-refractivity contribution in [1.82, 2.24) is 9.88 Å². The topological polar surface area (TPSA) is 69.6 Å². The molecule has 2 rings (SSSR count). The van der Waals surface area contributed by atoms with E-state index in [1.54, 1.807) is 43.6 Å². The third-order valence-electron chi connectivity index (χ3n) is 3.69. The van der Waals surface area contributed by atoms with Crippen molar-refractivity contribution in [3.63, 3.8) is 0 Å². The van der Waals surface area contributed by atoms with Crippen molar-refractivity contribution in [3.8, 4) is 5.75 Å². The molecule has 1 N–H and O–H groups in total. The summed E-state index contributed by atoms with van der Waals surface area (Å²) in [6, 6.07) is 12.0. The monoisotopic (exact) mass is 356 g/mol. The van der Waals surface area contributed by atoms with Gasteiger partial charge in [0, 0.05) is 32.0 Å². The minimum absolute atomic E-state index is 0.261. The lowest BCUT2D eigenvalue weighted by atomic mass is 10.1. The Morgan fingerprint density at radius 3 is 2.62 bits per heavy atom. The molecule has 0 saturated heterocycles. The molecule has 26 heavy (non-hydrogen) atoms. The Labute approximate surface area is 153 Å². The quantitative estimate of drug-likeness (QED) is 0.553. The number of amides is 1. The van der Waals surface area contributed by atoms with Crippen LogP contribution in [0.5, 0.6) is 5.75 Å². The molecule has 0 spiro atoms. The van der Waals surface area contributed by atoms with Crippen molar-refractivity contribution in [2.24, 2.45) is 0 Å². The Balaban J connectivity index is 2.24. The first-order chi connectivity index (χ1) is 12.7. The number of hydrogen-bond donors (Lipinski definition) is 1. The molecule has 0 unspecified atom stereocenters. The number of nitrogens with zero attached hydrogens (tertiary/aromatic N) is 1. The van der Waals surface area contributed by atoms with Gasteiger partial charge in [0.1, 0.15) is 11.4 Å². The number of pyridine rings is 1. The van der Waals surface area contributed by atoms with Gasteiger partial charge in [-0.05, 0) is 43.2 Å². The highest BCUT2D eigenvalue weighted by Crippen LogP contribution is 2.15. The van der Waals surface area contributed by atoms with Gasteiger partial charge in [-0.3, -0.25) is 14.2 Å². The van der Waals surface area contributed by atoms with Gasteiger partial charge in [-0.25, -0.2) is 0 Å². The van der Waals surface area contributed by atoms with Crippen LogP contribution in [0.2, 0.25) is 0 Å². The SMILES string of the molecule is CCOCCCNC(=O)/C(=C\c1ccc(OC)cc1)n1ccccc1=O. The summed E-state index contributed by atoms with van der Waals surface area (Å²) in [5, 5.41) is 2.84. The largest absolute Gasteiger partial charge is 0.497 e. The van der Waals surface area contributed by atoms with Crippen LogP contribution in [0.3, 0.4) is 0 Å². The molecule has 2 aromatic rings. The lowest BCUT2D eigenvalue weighted by Crippen LogP contribution is -2.31. The predicted octanol–water partition coefficient (Wildman–Crippen LogP) is 2.40. The standard InChI is InChI=1S/C20H24N2O4/c1-3-26-14-6-12-21-20(24)18(22-13-5-4-7-19(22)23)15-16-8-10-17(25-2)11-9-16/h4-5,7-11,13,15H,3,6,12,14H2,1-2H3,(H,21,24)/b18-15+. The van der Waals surface area contributed by atoms with Crippen molar-refractivity contribution in [1.29, 1.82) is 0 Å². The molecule has 0 aliphatic heterocycles. The fourth-order valence-electron chi connectivity index (χ4n) is 2.34. The highest BCUT2D eigenvalue weighted by molar-refractivity contribution is 6.18. The second kappa shape index (κ2) is 10.2. The Kier molecular flexibility index (Phi) is 7.64. The number of benzene rings is 1. The van der Waals surface area contributed by atoms with E-state index in [1.807, 2.05) is 19.1 Å². The first kappa shape index (κ1) is 19.5. The van der Waals surface area contributed by atoms with E-state index >= 15 is 0 Å². The number of rotatable bonds is 9. The lowest BCUT2D eigenvalue weighted by molar-refractivity contribution is -0.116. The average Bonchev–Trinajstić information content (AvgIpc) is 2.67. The van der Waals surface area contributed by atoms with Crippen LogP contribution in [0, 0.1) is 0 Å². The van der Waals surface area contributed by atoms with Crippen molar-refractivity contribution in [3.05, 3.63) is 64.6 Å². The van der Waals surface area contributed by atoms with Crippen LogP contribution < -0.4 is 15.6 Å². The van der Waals surface area contributed by atoms with E-state index in [0.717, 1.165) is 11.3 Å². The molecule has 1 amide bonds. The normalized spacial score (nSPS) is 11.2. The number of carbonyl (C=O) groups is 1. The van der Waals surface area contributed by atoms with Gasteiger partial charge in [-0.2, -0.15) is 0 Å². The molecule has 0 fully saturated rings. The Hall–Kier alpha value is -2.86. The van der Waals surface area contributed by atoms with Crippen LogP contribution in [0.1, 0.15) is 18.9 Å². The molecule has 0 bridgehead atoms. The number of methoxy groups -OCH3 is 1. The summed E-state index contributed by atoms with van der Waals surface area (Å²) in [5.74, 6) is 0.409. The summed E-state index contributed by atoms with van der Waals surface area (Å²) in [4.78, 5) is 24.8. The number of carbonyl (C=O) groups excluding carboxylic acids is 1. The third kappa shape index (κ3) is 5.60. The van der Waals surface area contributed by atoms with E-state index in [9.17, 15) is 9.59 Å². The van der Waals surface area contributed by atoms with Gasteiger partial charge in [0.25, 0.3) is 11.5 Å². The van der Waals surface area contributed by atoms with Gasteiger partial charge >= 0.3 is 0 Å². The lowest BCUT2D eigenvalue weighted by Gasteiger charge is -2.12. The molecule has 1 aromatic carbocycles. The zero-order valence-corrected chi connectivity index (χ0v) is 15.1. The van der Waals surface area contributed by atoms with Gasteiger partial charge in [-0.15, -0.1) is 0 Å². The molecular formula is C20H24N2O4. The van der Waals surface area contributed by atoms with Crippen molar-refractivity contribution in [2.45, 2.75) is 13.3 Å². The molecule has 0 aliphatic carbocycles. The third-order valence-corrected chi connectivity index (χ3v) is 3.69. The van der Waals surface area contributed by atoms with Crippen LogP contribution in [-0.2, 0) is 9.53 Å². The highest BCUT2D eigenvalue weighted by atomic mass is 16.5. The summed E-state index contributed by atoms with van der Waals surface area (Å²) in [5.41, 5.74) is 0.787. The Bertz CT molecular complexity index is 794. The second-order valence-electron chi connectivity index (χ2n) is 5.52. The van der Waals surface area contributed by atoms with E-state index < -0.39 is 0 Å². The van der Waals surface area contributed by atoms with E-state index in [1.165, 1.54) is 10.6 Å². The van der Waals surface area contributed by atoms with Crippen molar-refractivity contribution < 1.29 is 14.3 Å². The molecule has 1 aromatic heterocycles. The maximum absolute atomic E-state index is 12.7. The molecule has 0 atom stereocenters. The van der Waals surface area contributed by atoms with Crippen LogP contribution in [0.25, 0.3) is 11.8 Å². The highest BCUT2D eigenvalue weighted by Gasteiger charge is 2.12. The van der Waals surface area contributed by atoms with Gasteiger partial charge in [-0.1, -0.05) is 18.2 Å². The van der Waals surface area contributed by atoms with E-state index in [2.05, 4.69) is 5.32 Å². The van der Waals surface area contributed by atoms with Gasteiger partial charge < -0.3 is 14.8 Å². The van der Waals surface area contributed by atoms with Gasteiger partial charge in [0.2, 0.25) is 0 Å². The number of nitrogens with one attached hydrogen (secondary N) is 1. The average molecular weight is 356 g/mol. The van der Waals surface area contributed by atoms with Crippen molar-refractivity contribution >= 4 is 17.7 Å². The van der Waals surface area contributed by atoms with Crippen molar-refractivity contribution in [2.75, 3.05) is 26.9 Å². The minimum atomic E-state index is -0.314. The van der Waals surface area contributed by atoms with E-state index in [4.69, 9.17) is 9.47 Å². The molecule has 0 radical (unpaired) electrons. The predicted molar refractivity (Wildman–Crippen MR) is 102 cm³/mol. The van der Waals surface area contributed by atoms with Crippen LogP contribution in [-0.4, -0.2) is 37.3 Å². The molecule has 138 valence electrons. The minimum Gasteiger partial charge on any atom is -0.497 e. The molecule has 6 heteroatoms.